The van der Waals surface area contributed by atoms with Crippen LogP contribution in [0.4, 0.5) is 11.4 Å². The molecular formula is C31H45N. The van der Waals surface area contributed by atoms with Crippen LogP contribution in [0.1, 0.15) is 114 Å². The van der Waals surface area contributed by atoms with E-state index in [9.17, 15) is 0 Å². The summed E-state index contributed by atoms with van der Waals surface area (Å²) in [5, 5.41) is 0. The Morgan fingerprint density at radius 3 is 1.03 bits per heavy atom. The van der Waals surface area contributed by atoms with Gasteiger partial charge in [-0.1, -0.05) is 67.5 Å². The van der Waals surface area contributed by atoms with E-state index in [1.54, 1.807) is 22.3 Å². The Morgan fingerprint density at radius 2 is 0.750 bits per heavy atom. The van der Waals surface area contributed by atoms with E-state index in [1.807, 2.05) is 0 Å². The van der Waals surface area contributed by atoms with E-state index in [0.717, 1.165) is 0 Å². The number of benzene rings is 2. The molecule has 0 fully saturated rings. The fourth-order valence-corrected chi connectivity index (χ4v) is 6.27. The van der Waals surface area contributed by atoms with Crippen LogP contribution in [0.15, 0.2) is 24.3 Å². The van der Waals surface area contributed by atoms with Crippen molar-refractivity contribution in [2.45, 2.75) is 117 Å². The van der Waals surface area contributed by atoms with Gasteiger partial charge in [-0.2, -0.15) is 0 Å². The summed E-state index contributed by atoms with van der Waals surface area (Å²) in [6.07, 6.45) is 5.02. The lowest BCUT2D eigenvalue weighted by atomic mass is 9.62. The van der Waals surface area contributed by atoms with Crippen molar-refractivity contribution in [3.8, 4) is 0 Å². The van der Waals surface area contributed by atoms with Crippen molar-refractivity contribution in [3.63, 3.8) is 0 Å². The molecule has 0 spiro atoms. The lowest BCUT2D eigenvalue weighted by Crippen LogP contribution is -2.35. The maximum atomic E-state index is 2.51. The summed E-state index contributed by atoms with van der Waals surface area (Å²) in [5.41, 5.74) is 12.6. The minimum absolute atomic E-state index is 0.227. The first-order valence-corrected chi connectivity index (χ1v) is 12.6. The molecule has 0 heterocycles. The first kappa shape index (κ1) is 23.4. The normalized spacial score (nSPS) is 22.1. The summed E-state index contributed by atoms with van der Waals surface area (Å²) >= 11 is 0. The van der Waals surface area contributed by atoms with Crippen LogP contribution in [-0.2, 0) is 21.7 Å². The standard InChI is InChI=1S/C31H45N/c1-20-16-22-24(30(7,8)14-12-28(22,3)4)18-26(20)32(11)27-19-25-23(17-21(27)2)29(5,6)13-15-31(25,9)10/h16-19H,12-15H2,1-11H3. The quantitative estimate of drug-likeness (QED) is 0.459. The molecule has 0 aliphatic heterocycles. The predicted octanol–water partition coefficient (Wildman–Crippen LogP) is 8.77. The van der Waals surface area contributed by atoms with Gasteiger partial charge in [-0.25, -0.2) is 0 Å². The SMILES string of the molecule is Cc1cc2c(cc1N(C)c1cc3c(cc1C)C(C)(C)CCC3(C)C)C(C)(C)CCC2(C)C. The summed E-state index contributed by atoms with van der Waals surface area (Å²) in [5.74, 6) is 0. The Hall–Kier alpha value is -1.76. The van der Waals surface area contributed by atoms with Crippen molar-refractivity contribution in [2.24, 2.45) is 0 Å². The number of rotatable bonds is 2. The largest absolute Gasteiger partial charge is 0.344 e. The van der Waals surface area contributed by atoms with Crippen LogP contribution in [0.2, 0.25) is 0 Å². The molecule has 2 aliphatic carbocycles. The molecule has 4 rings (SSSR count). The summed E-state index contributed by atoms with van der Waals surface area (Å²) in [6.45, 7) is 24.0. The number of nitrogens with zero attached hydrogens (tertiary/aromatic N) is 1. The third kappa shape index (κ3) is 3.61. The zero-order valence-electron chi connectivity index (χ0n) is 22.6. The number of fused-ring (bicyclic) bond motifs is 2. The van der Waals surface area contributed by atoms with Gasteiger partial charge in [0, 0.05) is 18.4 Å². The zero-order valence-corrected chi connectivity index (χ0v) is 22.6. The molecule has 0 bridgehead atoms. The van der Waals surface area contributed by atoms with Gasteiger partial charge in [0.1, 0.15) is 0 Å². The Morgan fingerprint density at radius 1 is 0.500 bits per heavy atom. The van der Waals surface area contributed by atoms with Crippen LogP contribution in [0.3, 0.4) is 0 Å². The highest BCUT2D eigenvalue weighted by atomic mass is 15.1. The summed E-state index contributed by atoms with van der Waals surface area (Å²) in [4.78, 5) is 2.46. The van der Waals surface area contributed by atoms with Crippen LogP contribution in [0, 0.1) is 13.8 Å². The molecule has 0 aromatic heterocycles. The van der Waals surface area contributed by atoms with Gasteiger partial charge in [0.05, 0.1) is 0 Å². The van der Waals surface area contributed by atoms with Crippen LogP contribution in [0.25, 0.3) is 0 Å². The fourth-order valence-electron chi connectivity index (χ4n) is 6.27. The number of anilines is 2. The molecular weight excluding hydrogens is 386 g/mol. The molecule has 1 nitrogen and oxygen atoms in total. The van der Waals surface area contributed by atoms with E-state index in [0.29, 0.717) is 0 Å². The molecule has 2 aromatic carbocycles. The van der Waals surface area contributed by atoms with Gasteiger partial charge in [-0.3, -0.25) is 0 Å². The summed E-state index contributed by atoms with van der Waals surface area (Å²) in [6, 6.07) is 10.0. The first-order chi connectivity index (χ1) is 14.6. The van der Waals surface area contributed by atoms with Gasteiger partial charge >= 0.3 is 0 Å². The predicted molar refractivity (Wildman–Crippen MR) is 141 cm³/mol. The molecule has 0 unspecified atom stereocenters. The third-order valence-corrected chi connectivity index (χ3v) is 9.06. The average Bonchev–Trinajstić information content (AvgIpc) is 2.68. The lowest BCUT2D eigenvalue weighted by molar-refractivity contribution is 0.331. The van der Waals surface area contributed by atoms with Gasteiger partial charge in [0.15, 0.2) is 0 Å². The van der Waals surface area contributed by atoms with E-state index in [2.05, 4.69) is 105 Å². The van der Waals surface area contributed by atoms with E-state index in [-0.39, 0.29) is 21.7 Å². The minimum atomic E-state index is 0.227. The number of hydrogen-bond donors (Lipinski definition) is 0. The Bertz CT molecular complexity index is 979. The number of hydrogen-bond acceptors (Lipinski definition) is 1. The highest BCUT2D eigenvalue weighted by Crippen LogP contribution is 2.50. The highest BCUT2D eigenvalue weighted by Gasteiger charge is 2.39. The molecule has 0 N–H and O–H groups in total. The van der Waals surface area contributed by atoms with Gasteiger partial charge in [-0.15, -0.1) is 0 Å². The third-order valence-electron chi connectivity index (χ3n) is 9.06. The fraction of sp³-hybridized carbons (Fsp3) is 0.613. The van der Waals surface area contributed by atoms with Crippen molar-refractivity contribution in [2.75, 3.05) is 11.9 Å². The second-order valence-corrected chi connectivity index (χ2v) is 13.5. The average molecular weight is 432 g/mol. The van der Waals surface area contributed by atoms with Gasteiger partial charge in [0.25, 0.3) is 0 Å². The van der Waals surface area contributed by atoms with Crippen molar-refractivity contribution >= 4 is 11.4 Å². The minimum Gasteiger partial charge on any atom is -0.344 e. The summed E-state index contributed by atoms with van der Waals surface area (Å²) < 4.78 is 0. The molecule has 0 amide bonds. The van der Waals surface area contributed by atoms with E-state index >= 15 is 0 Å². The molecule has 0 atom stereocenters. The topological polar surface area (TPSA) is 3.24 Å². The maximum Gasteiger partial charge on any atom is 0.0441 e. The monoisotopic (exact) mass is 431 g/mol. The smallest absolute Gasteiger partial charge is 0.0441 e. The Kier molecular flexibility index (Phi) is 5.20. The molecule has 0 radical (unpaired) electrons. The highest BCUT2D eigenvalue weighted by molar-refractivity contribution is 5.72. The van der Waals surface area contributed by atoms with E-state index < -0.39 is 0 Å². The molecule has 2 aromatic rings. The Balaban J connectivity index is 1.87. The molecule has 32 heavy (non-hydrogen) atoms. The number of aryl methyl sites for hydroxylation is 2. The first-order valence-electron chi connectivity index (χ1n) is 12.6. The maximum absolute atomic E-state index is 2.51. The lowest BCUT2D eigenvalue weighted by Gasteiger charge is -2.44. The second kappa shape index (κ2) is 7.12. The van der Waals surface area contributed by atoms with E-state index in [4.69, 9.17) is 0 Å². The molecule has 2 aliphatic rings. The van der Waals surface area contributed by atoms with Crippen molar-refractivity contribution < 1.29 is 0 Å². The van der Waals surface area contributed by atoms with Gasteiger partial charge in [0.2, 0.25) is 0 Å². The summed E-state index contributed by atoms with van der Waals surface area (Å²) in [7, 11) is 2.27. The Labute approximate surface area is 197 Å². The van der Waals surface area contributed by atoms with Crippen molar-refractivity contribution in [1.82, 2.24) is 0 Å². The van der Waals surface area contributed by atoms with Crippen LogP contribution < -0.4 is 4.90 Å². The van der Waals surface area contributed by atoms with E-state index in [1.165, 1.54) is 48.2 Å². The molecule has 174 valence electrons. The molecule has 0 saturated carbocycles. The molecule has 0 saturated heterocycles. The van der Waals surface area contributed by atoms with Crippen LogP contribution in [0.5, 0.6) is 0 Å². The van der Waals surface area contributed by atoms with Gasteiger partial charge < -0.3 is 4.90 Å². The zero-order chi connectivity index (χ0) is 23.9. The second-order valence-electron chi connectivity index (χ2n) is 13.5. The van der Waals surface area contributed by atoms with Crippen LogP contribution in [-0.4, -0.2) is 7.05 Å². The van der Waals surface area contributed by atoms with Gasteiger partial charge in [-0.05, 0) is 107 Å². The van der Waals surface area contributed by atoms with Crippen molar-refractivity contribution in [1.29, 1.82) is 0 Å². The molecule has 1 heteroatoms. The van der Waals surface area contributed by atoms with Crippen LogP contribution >= 0.6 is 0 Å². The van der Waals surface area contributed by atoms with Crippen molar-refractivity contribution in [3.05, 3.63) is 57.6 Å².